The summed E-state index contributed by atoms with van der Waals surface area (Å²) in [5.41, 5.74) is 1.34. The van der Waals surface area contributed by atoms with Gasteiger partial charge in [-0.15, -0.1) is 0 Å². The van der Waals surface area contributed by atoms with Gasteiger partial charge in [-0.3, -0.25) is 0 Å². The summed E-state index contributed by atoms with van der Waals surface area (Å²) < 4.78 is 56.1. The minimum atomic E-state index is -3.91. The van der Waals surface area contributed by atoms with Crippen LogP contribution in [-0.2, 0) is 9.84 Å². The molecule has 1 aliphatic rings. The minimum Gasteiger partial charge on any atom is -0.346 e. The van der Waals surface area contributed by atoms with Gasteiger partial charge < -0.3 is 9.55 Å². The van der Waals surface area contributed by atoms with Gasteiger partial charge in [0.1, 0.15) is 17.0 Å². The monoisotopic (exact) mass is 430 g/mol. The van der Waals surface area contributed by atoms with Crippen LogP contribution in [0, 0.1) is 6.92 Å². The molecule has 9 heteroatoms. The number of halogens is 2. The van der Waals surface area contributed by atoms with Crippen LogP contribution in [0.15, 0.2) is 52.5 Å². The highest BCUT2D eigenvalue weighted by atomic mass is 32.2. The summed E-state index contributed by atoms with van der Waals surface area (Å²) in [5.74, 6) is -2.05. The highest BCUT2D eigenvalue weighted by molar-refractivity contribution is 7.91. The molecule has 1 aromatic carbocycles. The molecule has 1 fully saturated rings. The lowest BCUT2D eigenvalue weighted by Gasteiger charge is -2.30. The van der Waals surface area contributed by atoms with E-state index in [-0.39, 0.29) is 34.3 Å². The molecular weight excluding hydrogens is 410 g/mol. The predicted octanol–water partition coefficient (Wildman–Crippen LogP) is 4.80. The smallest absolute Gasteiger partial charge is 0.248 e. The van der Waals surface area contributed by atoms with Gasteiger partial charge in [-0.2, -0.15) is 0 Å². The van der Waals surface area contributed by atoms with Crippen molar-refractivity contribution in [3.8, 4) is 0 Å². The zero-order chi connectivity index (χ0) is 21.1. The van der Waals surface area contributed by atoms with Crippen LogP contribution < -0.4 is 0 Å². The van der Waals surface area contributed by atoms with E-state index < -0.39 is 15.8 Å². The normalized spacial score (nSPS) is 17.7. The summed E-state index contributed by atoms with van der Waals surface area (Å²) in [6, 6.07) is 9.76. The topological polar surface area (TPSA) is 80.6 Å². The highest BCUT2D eigenvalue weighted by Crippen LogP contribution is 2.42. The number of fused-ring (bicyclic) bond motifs is 3. The van der Waals surface area contributed by atoms with Crippen molar-refractivity contribution in [1.82, 2.24) is 19.5 Å². The molecular formula is C21H20F2N4O2S. The Bertz CT molecular complexity index is 1350. The number of alkyl halides is 2. The number of aromatic amines is 1. The van der Waals surface area contributed by atoms with Crippen LogP contribution in [0.25, 0.3) is 22.1 Å². The summed E-state index contributed by atoms with van der Waals surface area (Å²) in [6.07, 6.45) is 1.95. The van der Waals surface area contributed by atoms with Crippen LogP contribution in [0.5, 0.6) is 0 Å². The van der Waals surface area contributed by atoms with Crippen LogP contribution in [0.1, 0.15) is 37.5 Å². The molecule has 0 radical (unpaired) electrons. The van der Waals surface area contributed by atoms with Gasteiger partial charge in [-0.1, -0.05) is 18.2 Å². The first kappa shape index (κ1) is 19.2. The Hall–Kier alpha value is -2.81. The Balaban J connectivity index is 1.77. The number of aryl methyl sites for hydroxylation is 1. The Kier molecular flexibility index (Phi) is 4.22. The number of hydrogen-bond donors (Lipinski definition) is 1. The third kappa shape index (κ3) is 2.91. The molecule has 3 heterocycles. The maximum Gasteiger partial charge on any atom is 0.248 e. The number of nitrogens with one attached hydrogen (secondary N) is 1. The fourth-order valence-electron chi connectivity index (χ4n) is 4.38. The summed E-state index contributed by atoms with van der Waals surface area (Å²) >= 11 is 0. The number of hydrogen-bond acceptors (Lipinski definition) is 4. The van der Waals surface area contributed by atoms with E-state index in [0.717, 1.165) is 5.39 Å². The molecule has 1 N–H and O–H groups in total. The molecule has 4 aromatic rings. The van der Waals surface area contributed by atoms with Gasteiger partial charge >= 0.3 is 0 Å². The van der Waals surface area contributed by atoms with Crippen molar-refractivity contribution in [3.63, 3.8) is 0 Å². The number of pyridine rings is 1. The average molecular weight is 430 g/mol. The van der Waals surface area contributed by atoms with Gasteiger partial charge in [0.2, 0.25) is 15.8 Å². The van der Waals surface area contributed by atoms with Gasteiger partial charge in [0.25, 0.3) is 0 Å². The molecule has 1 aliphatic carbocycles. The van der Waals surface area contributed by atoms with Crippen molar-refractivity contribution in [2.75, 3.05) is 0 Å². The second-order valence-corrected chi connectivity index (χ2v) is 9.65. The van der Waals surface area contributed by atoms with Gasteiger partial charge in [0.15, 0.2) is 5.03 Å². The summed E-state index contributed by atoms with van der Waals surface area (Å²) in [5, 5.41) is 0.608. The molecule has 0 spiro atoms. The fourth-order valence-corrected chi connectivity index (χ4v) is 5.73. The maximum atomic E-state index is 13.7. The summed E-state index contributed by atoms with van der Waals surface area (Å²) in [4.78, 5) is 12.1. The van der Waals surface area contributed by atoms with Crippen molar-refractivity contribution in [2.45, 2.75) is 54.5 Å². The molecule has 0 bridgehead atoms. The number of sulfone groups is 1. The number of H-pyrrole nitrogens is 1. The van der Waals surface area contributed by atoms with Crippen molar-refractivity contribution in [1.29, 1.82) is 0 Å². The third-order valence-corrected chi connectivity index (χ3v) is 7.53. The largest absolute Gasteiger partial charge is 0.346 e. The minimum absolute atomic E-state index is 0.123. The number of aromatic nitrogens is 4. The fraction of sp³-hybridized carbons (Fsp3) is 0.333. The van der Waals surface area contributed by atoms with E-state index in [4.69, 9.17) is 0 Å². The van der Waals surface area contributed by atoms with Crippen LogP contribution in [-0.4, -0.2) is 33.9 Å². The number of imidazole rings is 1. The number of benzene rings is 1. The highest BCUT2D eigenvalue weighted by Gasteiger charge is 2.37. The van der Waals surface area contributed by atoms with Crippen LogP contribution in [0.3, 0.4) is 0 Å². The van der Waals surface area contributed by atoms with Gasteiger partial charge in [0, 0.05) is 30.5 Å². The maximum absolute atomic E-state index is 13.7. The molecule has 5 rings (SSSR count). The Morgan fingerprint density at radius 2 is 1.80 bits per heavy atom. The first-order chi connectivity index (χ1) is 14.3. The summed E-state index contributed by atoms with van der Waals surface area (Å²) in [7, 11) is -3.91. The van der Waals surface area contributed by atoms with E-state index in [1.54, 1.807) is 31.3 Å². The standard InChI is InChI=1S/C21H20F2N4O2S/c1-13-25-17-18(27(13)14-7-10-21(22,23)11-8-14)16-9-12-24-19(16)26-20(17)30(28,29)15-5-3-2-4-6-15/h2-6,9,12,14H,7-8,10-11H2,1H3,(H,24,26). The zero-order valence-corrected chi connectivity index (χ0v) is 17.1. The van der Waals surface area contributed by atoms with E-state index in [0.29, 0.717) is 29.8 Å². The van der Waals surface area contributed by atoms with Crippen molar-refractivity contribution in [2.24, 2.45) is 0 Å². The SMILES string of the molecule is Cc1nc2c(S(=O)(=O)c3ccccc3)nc3[nH]ccc3c2n1C1CCC(F)(F)CC1. The first-order valence-electron chi connectivity index (χ1n) is 9.81. The van der Waals surface area contributed by atoms with E-state index in [1.807, 2.05) is 10.6 Å². The molecule has 0 atom stereocenters. The third-order valence-electron chi connectivity index (χ3n) is 5.84. The second-order valence-electron chi connectivity index (χ2n) is 7.79. The molecule has 0 unspecified atom stereocenters. The van der Waals surface area contributed by atoms with Crippen LogP contribution in [0.2, 0.25) is 0 Å². The quantitative estimate of drug-likeness (QED) is 0.506. The Morgan fingerprint density at radius 1 is 1.10 bits per heavy atom. The molecule has 30 heavy (non-hydrogen) atoms. The average Bonchev–Trinajstić information content (AvgIpc) is 3.32. The lowest BCUT2D eigenvalue weighted by molar-refractivity contribution is -0.0437. The molecule has 0 aliphatic heterocycles. The molecule has 0 amide bonds. The first-order valence-corrected chi connectivity index (χ1v) is 11.3. The predicted molar refractivity (Wildman–Crippen MR) is 108 cm³/mol. The second kappa shape index (κ2) is 6.60. The van der Waals surface area contributed by atoms with Gasteiger partial charge in [-0.05, 0) is 38.0 Å². The molecule has 6 nitrogen and oxygen atoms in total. The van der Waals surface area contributed by atoms with E-state index in [1.165, 1.54) is 12.1 Å². The van der Waals surface area contributed by atoms with Crippen molar-refractivity contribution in [3.05, 3.63) is 48.4 Å². The van der Waals surface area contributed by atoms with E-state index in [2.05, 4.69) is 15.0 Å². The van der Waals surface area contributed by atoms with Crippen molar-refractivity contribution < 1.29 is 17.2 Å². The van der Waals surface area contributed by atoms with Crippen molar-refractivity contribution >= 4 is 31.9 Å². The van der Waals surface area contributed by atoms with Gasteiger partial charge in [-0.25, -0.2) is 27.2 Å². The lowest BCUT2D eigenvalue weighted by atomic mass is 9.92. The molecule has 0 saturated heterocycles. The van der Waals surface area contributed by atoms with E-state index in [9.17, 15) is 17.2 Å². The van der Waals surface area contributed by atoms with E-state index >= 15 is 0 Å². The van der Waals surface area contributed by atoms with Crippen LogP contribution in [0.4, 0.5) is 8.78 Å². The molecule has 3 aromatic heterocycles. The van der Waals surface area contributed by atoms with Crippen LogP contribution >= 0.6 is 0 Å². The Labute approximate surface area is 171 Å². The Morgan fingerprint density at radius 3 is 2.50 bits per heavy atom. The lowest BCUT2D eigenvalue weighted by Crippen LogP contribution is -2.26. The number of rotatable bonds is 3. The number of nitrogens with zero attached hydrogens (tertiary/aromatic N) is 3. The molecule has 156 valence electrons. The zero-order valence-electron chi connectivity index (χ0n) is 16.3. The summed E-state index contributed by atoms with van der Waals surface area (Å²) in [6.45, 7) is 1.78. The van der Waals surface area contributed by atoms with Gasteiger partial charge in [0.05, 0.1) is 10.4 Å². The molecule has 1 saturated carbocycles.